The van der Waals surface area contributed by atoms with Crippen molar-refractivity contribution in [2.45, 2.75) is 37.2 Å². The lowest BCUT2D eigenvalue weighted by Gasteiger charge is -2.32. The summed E-state index contributed by atoms with van der Waals surface area (Å²) in [6.07, 6.45) is 1.33. The van der Waals surface area contributed by atoms with Gasteiger partial charge in [0.25, 0.3) is 0 Å². The fraction of sp³-hybridized carbons (Fsp3) is 0.900. The lowest BCUT2D eigenvalue weighted by molar-refractivity contribution is 0.411. The molecule has 92 valence electrons. The number of nitriles is 1. The summed E-state index contributed by atoms with van der Waals surface area (Å²) in [6, 6.07) is 1.89. The molecule has 1 fully saturated rings. The van der Waals surface area contributed by atoms with Crippen molar-refractivity contribution in [2.24, 2.45) is 0 Å². The van der Waals surface area contributed by atoms with Gasteiger partial charge in [0, 0.05) is 24.1 Å². The third kappa shape index (κ3) is 2.90. The van der Waals surface area contributed by atoms with Crippen LogP contribution in [0.2, 0.25) is 0 Å². The Morgan fingerprint density at radius 1 is 1.56 bits per heavy atom. The van der Waals surface area contributed by atoms with Gasteiger partial charge in [-0.15, -0.1) is 0 Å². The van der Waals surface area contributed by atoms with E-state index < -0.39 is 15.3 Å². The maximum Gasteiger partial charge on any atom is 0.230 e. The molecule has 0 amide bonds. The highest BCUT2D eigenvalue weighted by Gasteiger charge is 2.34. The first-order valence-corrected chi connectivity index (χ1v) is 8.11. The minimum Gasteiger partial charge on any atom is -0.211 e. The second-order valence-electron chi connectivity index (χ2n) is 3.83. The predicted octanol–water partition coefficient (Wildman–Crippen LogP) is 1.45. The van der Waals surface area contributed by atoms with Crippen LogP contribution in [0.3, 0.4) is 0 Å². The molecule has 0 radical (unpaired) electrons. The predicted molar refractivity (Wildman–Crippen MR) is 66.7 cm³/mol. The third-order valence-electron chi connectivity index (χ3n) is 2.79. The van der Waals surface area contributed by atoms with Crippen molar-refractivity contribution in [3.8, 4) is 6.07 Å². The van der Waals surface area contributed by atoms with Crippen LogP contribution in [0.15, 0.2) is 0 Å². The van der Waals surface area contributed by atoms with E-state index >= 15 is 0 Å². The summed E-state index contributed by atoms with van der Waals surface area (Å²) >= 11 is 1.82. The molecule has 2 atom stereocenters. The molecule has 0 saturated carbocycles. The van der Waals surface area contributed by atoms with Gasteiger partial charge in [0.15, 0.2) is 5.25 Å². The highest BCUT2D eigenvalue weighted by Crippen LogP contribution is 2.24. The zero-order valence-electron chi connectivity index (χ0n) is 9.72. The molecule has 1 aliphatic rings. The SMILES string of the molecule is CCC1CN(S(=O)(=O)C(C#N)CC)CCS1. The first-order chi connectivity index (χ1) is 7.56. The van der Waals surface area contributed by atoms with Crippen LogP contribution < -0.4 is 0 Å². The quantitative estimate of drug-likeness (QED) is 0.769. The molecule has 0 N–H and O–H groups in total. The van der Waals surface area contributed by atoms with Crippen LogP contribution in [0.1, 0.15) is 26.7 Å². The number of hydrogen-bond donors (Lipinski definition) is 0. The highest BCUT2D eigenvalue weighted by atomic mass is 32.2. The average Bonchev–Trinajstić information content (AvgIpc) is 2.30. The average molecular weight is 262 g/mol. The van der Waals surface area contributed by atoms with E-state index in [2.05, 4.69) is 6.92 Å². The van der Waals surface area contributed by atoms with E-state index in [1.807, 2.05) is 17.8 Å². The molecule has 0 aliphatic carbocycles. The summed E-state index contributed by atoms with van der Waals surface area (Å²) in [5.41, 5.74) is 0. The Labute approximate surface area is 102 Å². The van der Waals surface area contributed by atoms with Crippen LogP contribution in [0.4, 0.5) is 0 Å². The maximum absolute atomic E-state index is 12.1. The van der Waals surface area contributed by atoms with Gasteiger partial charge < -0.3 is 0 Å². The molecule has 0 aromatic carbocycles. The largest absolute Gasteiger partial charge is 0.230 e. The molecule has 0 aromatic heterocycles. The molecular weight excluding hydrogens is 244 g/mol. The molecule has 0 bridgehead atoms. The molecule has 1 aliphatic heterocycles. The number of nitrogens with zero attached hydrogens (tertiary/aromatic N) is 2. The zero-order valence-corrected chi connectivity index (χ0v) is 11.4. The first kappa shape index (κ1) is 13.8. The van der Waals surface area contributed by atoms with Crippen molar-refractivity contribution in [3.05, 3.63) is 0 Å². The van der Waals surface area contributed by atoms with Crippen molar-refractivity contribution < 1.29 is 8.42 Å². The summed E-state index contributed by atoms with van der Waals surface area (Å²) in [6.45, 7) is 4.90. The molecular formula is C10H18N2O2S2. The van der Waals surface area contributed by atoms with Crippen LogP contribution in [-0.2, 0) is 10.0 Å². The summed E-state index contributed by atoms with van der Waals surface area (Å²) in [4.78, 5) is 0. The van der Waals surface area contributed by atoms with Gasteiger partial charge in [-0.2, -0.15) is 21.3 Å². The van der Waals surface area contributed by atoms with Gasteiger partial charge >= 0.3 is 0 Å². The Morgan fingerprint density at radius 3 is 2.75 bits per heavy atom. The Kier molecular flexibility index (Phi) is 5.09. The Bertz CT molecular complexity index is 362. The van der Waals surface area contributed by atoms with Crippen molar-refractivity contribution in [2.75, 3.05) is 18.8 Å². The van der Waals surface area contributed by atoms with E-state index in [9.17, 15) is 8.42 Å². The van der Waals surface area contributed by atoms with E-state index in [-0.39, 0.29) is 0 Å². The first-order valence-electron chi connectivity index (χ1n) is 5.56. The van der Waals surface area contributed by atoms with Gasteiger partial charge in [0.1, 0.15) is 0 Å². The number of rotatable bonds is 4. The van der Waals surface area contributed by atoms with Crippen molar-refractivity contribution in [1.82, 2.24) is 4.31 Å². The highest BCUT2D eigenvalue weighted by molar-refractivity contribution is 8.00. The summed E-state index contributed by atoms with van der Waals surface area (Å²) in [5.74, 6) is 0.833. The molecule has 1 heterocycles. The topological polar surface area (TPSA) is 61.2 Å². The van der Waals surface area contributed by atoms with E-state index in [1.165, 1.54) is 4.31 Å². The van der Waals surface area contributed by atoms with Gasteiger partial charge in [-0.3, -0.25) is 0 Å². The number of hydrogen-bond acceptors (Lipinski definition) is 4. The van der Waals surface area contributed by atoms with Crippen LogP contribution in [0.25, 0.3) is 0 Å². The van der Waals surface area contributed by atoms with E-state index in [1.54, 1.807) is 6.92 Å². The summed E-state index contributed by atoms with van der Waals surface area (Å²) in [7, 11) is -3.41. The third-order valence-corrected chi connectivity index (χ3v) is 6.37. The van der Waals surface area contributed by atoms with Crippen LogP contribution in [0, 0.1) is 11.3 Å². The lowest BCUT2D eigenvalue weighted by atomic mass is 10.3. The second-order valence-corrected chi connectivity index (χ2v) is 7.35. The maximum atomic E-state index is 12.1. The van der Waals surface area contributed by atoms with Gasteiger partial charge in [0.05, 0.1) is 6.07 Å². The molecule has 0 spiro atoms. The standard InChI is InChI=1S/C10H18N2O2S2/c1-3-9-8-12(5-6-15-9)16(13,14)10(4-2)7-11/h9-10H,3-6,8H2,1-2H3. The van der Waals surface area contributed by atoms with Crippen molar-refractivity contribution in [3.63, 3.8) is 0 Å². The van der Waals surface area contributed by atoms with Crippen LogP contribution >= 0.6 is 11.8 Å². The van der Waals surface area contributed by atoms with Crippen LogP contribution in [0.5, 0.6) is 0 Å². The van der Waals surface area contributed by atoms with E-state index in [0.29, 0.717) is 24.8 Å². The molecule has 1 rings (SSSR count). The van der Waals surface area contributed by atoms with E-state index in [4.69, 9.17) is 5.26 Å². The minimum atomic E-state index is -3.41. The van der Waals surface area contributed by atoms with Gasteiger partial charge in [0.2, 0.25) is 10.0 Å². The minimum absolute atomic E-state index is 0.360. The number of sulfonamides is 1. The summed E-state index contributed by atoms with van der Waals surface area (Å²) in [5, 5.41) is 8.35. The molecule has 0 aromatic rings. The molecule has 4 nitrogen and oxygen atoms in total. The van der Waals surface area contributed by atoms with Gasteiger partial charge in [-0.1, -0.05) is 13.8 Å². The molecule has 16 heavy (non-hydrogen) atoms. The monoisotopic (exact) mass is 262 g/mol. The van der Waals surface area contributed by atoms with Crippen LogP contribution in [-0.4, -0.2) is 42.1 Å². The van der Waals surface area contributed by atoms with Crippen molar-refractivity contribution in [1.29, 1.82) is 5.26 Å². The fourth-order valence-electron chi connectivity index (χ4n) is 1.72. The Morgan fingerprint density at radius 2 is 2.25 bits per heavy atom. The lowest BCUT2D eigenvalue weighted by Crippen LogP contribution is -2.45. The number of thioether (sulfide) groups is 1. The zero-order chi connectivity index (χ0) is 12.2. The summed E-state index contributed by atoms with van der Waals surface area (Å²) < 4.78 is 25.7. The molecule has 1 saturated heterocycles. The fourth-order valence-corrected chi connectivity index (χ4v) is 4.76. The van der Waals surface area contributed by atoms with Crippen molar-refractivity contribution >= 4 is 21.8 Å². The van der Waals surface area contributed by atoms with Gasteiger partial charge in [-0.05, 0) is 12.8 Å². The second kappa shape index (κ2) is 5.89. The normalized spacial score (nSPS) is 24.9. The Hall–Kier alpha value is -0.250. The Balaban J connectivity index is 2.80. The molecule has 6 heteroatoms. The smallest absolute Gasteiger partial charge is 0.211 e. The van der Waals surface area contributed by atoms with Gasteiger partial charge in [-0.25, -0.2) is 8.42 Å². The molecule has 2 unspecified atom stereocenters. The van der Waals surface area contributed by atoms with E-state index in [0.717, 1.165) is 12.2 Å².